The molecule has 0 aliphatic heterocycles. The van der Waals surface area contributed by atoms with Gasteiger partial charge in [0.05, 0.1) is 19.3 Å². The van der Waals surface area contributed by atoms with Gasteiger partial charge in [-0.1, -0.05) is 23.2 Å². The fraction of sp³-hybridized carbons (Fsp3) is 0.286. The molecule has 0 saturated carbocycles. The SMILES string of the molecule is CCOC(=O)/C=C(\Nc1cc(Cl)cc(Cl)c1)C(=O)OCC. The Bertz CT molecular complexity index is 538. The molecule has 1 N–H and O–H groups in total. The molecule has 0 heterocycles. The third-order valence-electron chi connectivity index (χ3n) is 2.19. The van der Waals surface area contributed by atoms with Gasteiger partial charge in [0.2, 0.25) is 0 Å². The smallest absolute Gasteiger partial charge is 0.355 e. The van der Waals surface area contributed by atoms with E-state index in [1.54, 1.807) is 32.0 Å². The molecule has 0 aliphatic rings. The van der Waals surface area contributed by atoms with Crippen LogP contribution < -0.4 is 5.32 Å². The molecule has 5 nitrogen and oxygen atoms in total. The fourth-order valence-electron chi connectivity index (χ4n) is 1.44. The van der Waals surface area contributed by atoms with Crippen molar-refractivity contribution in [2.45, 2.75) is 13.8 Å². The molecule has 7 heteroatoms. The molecule has 114 valence electrons. The predicted molar refractivity (Wildman–Crippen MR) is 81.4 cm³/mol. The first-order valence-corrected chi connectivity index (χ1v) is 7.00. The third kappa shape index (κ3) is 6.06. The molecule has 0 saturated heterocycles. The first kappa shape index (κ1) is 17.3. The highest BCUT2D eigenvalue weighted by atomic mass is 35.5. The minimum atomic E-state index is -0.679. The lowest BCUT2D eigenvalue weighted by atomic mass is 10.3. The van der Waals surface area contributed by atoms with Crippen molar-refractivity contribution in [3.63, 3.8) is 0 Å². The quantitative estimate of drug-likeness (QED) is 0.639. The number of benzene rings is 1. The maximum absolute atomic E-state index is 11.8. The van der Waals surface area contributed by atoms with Crippen LogP contribution in [0.2, 0.25) is 10.0 Å². The normalized spacial score (nSPS) is 11.0. The Hall–Kier alpha value is -1.72. The Morgan fingerprint density at radius 2 is 1.67 bits per heavy atom. The summed E-state index contributed by atoms with van der Waals surface area (Å²) in [7, 11) is 0. The zero-order chi connectivity index (χ0) is 15.8. The molecule has 1 rings (SSSR count). The van der Waals surface area contributed by atoms with E-state index in [9.17, 15) is 9.59 Å². The van der Waals surface area contributed by atoms with Crippen molar-refractivity contribution >= 4 is 40.8 Å². The number of hydrogen-bond acceptors (Lipinski definition) is 5. The van der Waals surface area contributed by atoms with Crippen molar-refractivity contribution in [2.24, 2.45) is 0 Å². The van der Waals surface area contributed by atoms with E-state index in [1.807, 2.05) is 0 Å². The highest BCUT2D eigenvalue weighted by Crippen LogP contribution is 2.23. The summed E-state index contributed by atoms with van der Waals surface area (Å²) in [6.45, 7) is 3.71. The lowest BCUT2D eigenvalue weighted by molar-refractivity contribution is -0.140. The number of carbonyl (C=O) groups excluding carboxylic acids is 2. The van der Waals surface area contributed by atoms with Gasteiger partial charge in [-0.05, 0) is 32.0 Å². The van der Waals surface area contributed by atoms with Crippen LogP contribution in [0, 0.1) is 0 Å². The zero-order valence-electron chi connectivity index (χ0n) is 11.6. The molecule has 1 aromatic carbocycles. The van der Waals surface area contributed by atoms with Crippen LogP contribution in [0.25, 0.3) is 0 Å². The topological polar surface area (TPSA) is 64.6 Å². The number of halogens is 2. The maximum Gasteiger partial charge on any atom is 0.355 e. The lowest BCUT2D eigenvalue weighted by Crippen LogP contribution is -2.17. The van der Waals surface area contributed by atoms with Crippen LogP contribution in [0.4, 0.5) is 5.69 Å². The Balaban J connectivity index is 3.01. The summed E-state index contributed by atoms with van der Waals surface area (Å²) in [6, 6.07) is 4.67. The molecular formula is C14H15Cl2NO4. The van der Waals surface area contributed by atoms with Gasteiger partial charge in [-0.25, -0.2) is 9.59 Å². The van der Waals surface area contributed by atoms with Crippen molar-refractivity contribution < 1.29 is 19.1 Å². The molecule has 21 heavy (non-hydrogen) atoms. The van der Waals surface area contributed by atoms with Gasteiger partial charge in [0, 0.05) is 15.7 Å². The maximum atomic E-state index is 11.8. The van der Waals surface area contributed by atoms with Crippen LogP contribution >= 0.6 is 23.2 Å². The van der Waals surface area contributed by atoms with Crippen molar-refractivity contribution in [3.8, 4) is 0 Å². The van der Waals surface area contributed by atoms with E-state index in [2.05, 4.69) is 5.32 Å². The van der Waals surface area contributed by atoms with Gasteiger partial charge < -0.3 is 14.8 Å². The van der Waals surface area contributed by atoms with Crippen LogP contribution in [0.3, 0.4) is 0 Å². The monoisotopic (exact) mass is 331 g/mol. The van der Waals surface area contributed by atoms with E-state index in [0.29, 0.717) is 15.7 Å². The minimum absolute atomic E-state index is 0.0615. The van der Waals surface area contributed by atoms with E-state index in [0.717, 1.165) is 6.08 Å². The second-order valence-corrected chi connectivity index (χ2v) is 4.69. The third-order valence-corrected chi connectivity index (χ3v) is 2.62. The van der Waals surface area contributed by atoms with Gasteiger partial charge in [0.1, 0.15) is 5.70 Å². The highest BCUT2D eigenvalue weighted by molar-refractivity contribution is 6.35. The molecule has 0 amide bonds. The van der Waals surface area contributed by atoms with Crippen LogP contribution in [0.1, 0.15) is 13.8 Å². The van der Waals surface area contributed by atoms with E-state index in [-0.39, 0.29) is 18.9 Å². The number of carbonyl (C=O) groups is 2. The molecule has 0 radical (unpaired) electrons. The van der Waals surface area contributed by atoms with E-state index >= 15 is 0 Å². The molecule has 1 aromatic rings. The van der Waals surface area contributed by atoms with Crippen molar-refractivity contribution in [3.05, 3.63) is 40.0 Å². The average Bonchev–Trinajstić information content (AvgIpc) is 2.37. The van der Waals surface area contributed by atoms with Gasteiger partial charge in [-0.15, -0.1) is 0 Å². The van der Waals surface area contributed by atoms with Crippen molar-refractivity contribution in [2.75, 3.05) is 18.5 Å². The number of nitrogens with one attached hydrogen (secondary N) is 1. The summed E-state index contributed by atoms with van der Waals surface area (Å²) in [5.41, 5.74) is 0.393. The zero-order valence-corrected chi connectivity index (χ0v) is 13.1. The van der Waals surface area contributed by atoms with Gasteiger partial charge in [0.15, 0.2) is 0 Å². The number of ether oxygens (including phenoxy) is 2. The summed E-state index contributed by atoms with van der Waals surface area (Å²) in [5, 5.41) is 3.54. The second-order valence-electron chi connectivity index (χ2n) is 3.81. The molecule has 0 spiro atoms. The van der Waals surface area contributed by atoms with Gasteiger partial charge >= 0.3 is 11.9 Å². The summed E-state index contributed by atoms with van der Waals surface area (Å²) in [6.07, 6.45) is 1.02. The molecule has 0 aromatic heterocycles. The highest BCUT2D eigenvalue weighted by Gasteiger charge is 2.14. The standard InChI is InChI=1S/C14H15Cl2NO4/c1-3-20-13(18)8-12(14(19)21-4-2)17-11-6-9(15)5-10(16)7-11/h5-8,17H,3-4H2,1-2H3/b12-8-. The Morgan fingerprint density at radius 3 is 2.19 bits per heavy atom. The Kier molecular flexibility index (Phi) is 7.05. The molecule has 0 bridgehead atoms. The first-order chi connectivity index (χ1) is 9.96. The summed E-state index contributed by atoms with van der Waals surface area (Å²) < 4.78 is 9.64. The number of anilines is 1. The predicted octanol–water partition coefficient (Wildman–Crippen LogP) is 3.42. The second kappa shape index (κ2) is 8.54. The van der Waals surface area contributed by atoms with Crippen LogP contribution in [-0.2, 0) is 19.1 Å². The van der Waals surface area contributed by atoms with Crippen LogP contribution in [-0.4, -0.2) is 25.2 Å². The molecule has 0 atom stereocenters. The number of hydrogen-bond donors (Lipinski definition) is 1. The van der Waals surface area contributed by atoms with Gasteiger partial charge in [-0.3, -0.25) is 0 Å². The van der Waals surface area contributed by atoms with Crippen LogP contribution in [0.15, 0.2) is 30.0 Å². The van der Waals surface area contributed by atoms with Crippen molar-refractivity contribution in [1.82, 2.24) is 0 Å². The molecule has 0 unspecified atom stereocenters. The molecule has 0 fully saturated rings. The van der Waals surface area contributed by atoms with Gasteiger partial charge in [-0.2, -0.15) is 0 Å². The fourth-order valence-corrected chi connectivity index (χ4v) is 1.96. The Labute approximate surface area is 132 Å². The summed E-state index contributed by atoms with van der Waals surface area (Å²) in [5.74, 6) is -1.33. The summed E-state index contributed by atoms with van der Waals surface area (Å²) >= 11 is 11.8. The van der Waals surface area contributed by atoms with Crippen LogP contribution in [0.5, 0.6) is 0 Å². The molecular weight excluding hydrogens is 317 g/mol. The number of esters is 2. The van der Waals surface area contributed by atoms with E-state index < -0.39 is 11.9 Å². The molecule has 0 aliphatic carbocycles. The minimum Gasteiger partial charge on any atom is -0.463 e. The largest absolute Gasteiger partial charge is 0.463 e. The number of rotatable bonds is 6. The van der Waals surface area contributed by atoms with Gasteiger partial charge in [0.25, 0.3) is 0 Å². The summed E-state index contributed by atoms with van der Waals surface area (Å²) in [4.78, 5) is 23.3. The van der Waals surface area contributed by atoms with Crippen molar-refractivity contribution in [1.29, 1.82) is 0 Å². The lowest BCUT2D eigenvalue weighted by Gasteiger charge is -2.11. The average molecular weight is 332 g/mol. The van der Waals surface area contributed by atoms with E-state index in [4.69, 9.17) is 32.7 Å². The Morgan fingerprint density at radius 1 is 1.10 bits per heavy atom. The first-order valence-electron chi connectivity index (χ1n) is 6.25. The van der Waals surface area contributed by atoms with E-state index in [1.165, 1.54) is 0 Å².